The molecule has 2 aliphatic rings. The van der Waals surface area contributed by atoms with Crippen molar-refractivity contribution in [1.29, 1.82) is 0 Å². The third kappa shape index (κ3) is 3.58. The molecule has 2 N–H and O–H groups in total. The third-order valence-corrected chi connectivity index (χ3v) is 7.63. The molecule has 39 heavy (non-hydrogen) atoms. The van der Waals surface area contributed by atoms with Crippen LogP contribution in [0.4, 0.5) is 0 Å². The van der Waals surface area contributed by atoms with Crippen molar-refractivity contribution in [3.05, 3.63) is 154 Å². The molecule has 5 aromatic rings. The van der Waals surface area contributed by atoms with E-state index >= 15 is 0 Å². The molecule has 190 valence electrons. The second-order valence-corrected chi connectivity index (χ2v) is 9.95. The highest BCUT2D eigenvalue weighted by molar-refractivity contribution is 5.97. The second-order valence-electron chi connectivity index (χ2n) is 9.95. The first-order valence-electron chi connectivity index (χ1n) is 12.8. The van der Waals surface area contributed by atoms with Crippen LogP contribution in [0, 0.1) is 0 Å². The molecule has 2 aliphatic heterocycles. The maximum absolute atomic E-state index is 13.4. The zero-order chi connectivity index (χ0) is 26.6. The van der Waals surface area contributed by atoms with Crippen molar-refractivity contribution in [2.75, 3.05) is 0 Å². The minimum atomic E-state index is -1.31. The summed E-state index contributed by atoms with van der Waals surface area (Å²) in [7, 11) is 0. The van der Waals surface area contributed by atoms with Crippen LogP contribution >= 0.6 is 0 Å². The number of hydrogen-bond donors (Lipinski definition) is 2. The van der Waals surface area contributed by atoms with E-state index in [1.165, 1.54) is 6.07 Å². The molecule has 1 atom stereocenters. The van der Waals surface area contributed by atoms with E-state index in [-0.39, 0.29) is 11.5 Å². The van der Waals surface area contributed by atoms with Crippen LogP contribution in [0.15, 0.2) is 109 Å². The number of fused-ring (bicyclic) bond motifs is 6. The number of phenols is 2. The quantitative estimate of drug-likeness (QED) is 0.258. The summed E-state index contributed by atoms with van der Waals surface area (Å²) in [6.07, 6.45) is 0.966. The number of hydrogen-bond acceptors (Lipinski definition) is 5. The van der Waals surface area contributed by atoms with Gasteiger partial charge in [-0.2, -0.15) is 0 Å². The third-order valence-electron chi connectivity index (χ3n) is 7.63. The maximum atomic E-state index is 13.4. The predicted molar refractivity (Wildman–Crippen MR) is 147 cm³/mol. The van der Waals surface area contributed by atoms with Gasteiger partial charge in [-0.15, -0.1) is 0 Å². The first kappa shape index (κ1) is 23.1. The van der Waals surface area contributed by atoms with Gasteiger partial charge in [-0.05, 0) is 41.3 Å². The second kappa shape index (κ2) is 8.77. The van der Waals surface area contributed by atoms with Crippen molar-refractivity contribution >= 4 is 5.97 Å². The van der Waals surface area contributed by atoms with Gasteiger partial charge in [-0.1, -0.05) is 78.9 Å². The number of benzene rings is 5. The largest absolute Gasteiger partial charge is 0.508 e. The summed E-state index contributed by atoms with van der Waals surface area (Å²) in [4.78, 5) is 13.4. The van der Waals surface area contributed by atoms with Crippen molar-refractivity contribution in [2.45, 2.75) is 18.4 Å². The summed E-state index contributed by atoms with van der Waals surface area (Å²) in [5, 5.41) is 21.7. The Morgan fingerprint density at radius 1 is 0.641 bits per heavy atom. The predicted octanol–water partition coefficient (Wildman–Crippen LogP) is 6.85. The smallest absolute Gasteiger partial charge is 0.340 e. The summed E-state index contributed by atoms with van der Waals surface area (Å²) in [6.45, 7) is 0. The summed E-state index contributed by atoms with van der Waals surface area (Å²) < 4.78 is 12.7. The van der Waals surface area contributed by atoms with Crippen LogP contribution in [0.25, 0.3) is 0 Å². The van der Waals surface area contributed by atoms with Crippen LogP contribution in [0.1, 0.15) is 49.3 Å². The molecule has 1 spiro atoms. The molecule has 0 aromatic heterocycles. The van der Waals surface area contributed by atoms with E-state index in [1.807, 2.05) is 78.9 Å². The monoisotopic (exact) mass is 512 g/mol. The van der Waals surface area contributed by atoms with Crippen LogP contribution in [-0.2, 0) is 23.2 Å². The van der Waals surface area contributed by atoms with E-state index in [4.69, 9.17) is 9.47 Å². The number of carbonyl (C=O) groups excluding carboxylic acids is 1. The molecule has 5 heteroatoms. The van der Waals surface area contributed by atoms with Crippen molar-refractivity contribution in [3.8, 4) is 23.0 Å². The van der Waals surface area contributed by atoms with Crippen LogP contribution in [-0.4, -0.2) is 16.2 Å². The van der Waals surface area contributed by atoms with Crippen molar-refractivity contribution in [2.24, 2.45) is 0 Å². The van der Waals surface area contributed by atoms with E-state index in [0.717, 1.165) is 22.3 Å². The molecule has 5 nitrogen and oxygen atoms in total. The van der Waals surface area contributed by atoms with Gasteiger partial charge in [0.1, 0.15) is 23.0 Å². The number of esters is 1. The molecule has 1 unspecified atom stereocenters. The number of ether oxygens (including phenoxy) is 2. The lowest BCUT2D eigenvalue weighted by molar-refractivity contribution is 0.0221. The molecule has 0 saturated heterocycles. The van der Waals surface area contributed by atoms with Gasteiger partial charge in [0.2, 0.25) is 0 Å². The minimum Gasteiger partial charge on any atom is -0.508 e. The molecule has 5 aromatic carbocycles. The van der Waals surface area contributed by atoms with Gasteiger partial charge in [-0.3, -0.25) is 0 Å². The molecule has 2 heterocycles. The molecular weight excluding hydrogens is 488 g/mol. The van der Waals surface area contributed by atoms with Gasteiger partial charge >= 0.3 is 5.97 Å². The van der Waals surface area contributed by atoms with Gasteiger partial charge in [-0.25, -0.2) is 4.79 Å². The fourth-order valence-corrected chi connectivity index (χ4v) is 5.94. The Balaban J connectivity index is 1.57. The van der Waals surface area contributed by atoms with E-state index in [9.17, 15) is 15.0 Å². The van der Waals surface area contributed by atoms with E-state index in [0.29, 0.717) is 46.6 Å². The van der Waals surface area contributed by atoms with Gasteiger partial charge in [0.15, 0.2) is 5.60 Å². The van der Waals surface area contributed by atoms with E-state index in [2.05, 4.69) is 0 Å². The number of rotatable bonds is 4. The average Bonchev–Trinajstić information content (AvgIpc) is 3.24. The van der Waals surface area contributed by atoms with Crippen LogP contribution in [0.3, 0.4) is 0 Å². The summed E-state index contributed by atoms with van der Waals surface area (Å²) in [6, 6.07) is 33.8. The Morgan fingerprint density at radius 3 is 2.00 bits per heavy atom. The van der Waals surface area contributed by atoms with Crippen LogP contribution in [0.2, 0.25) is 0 Å². The fourth-order valence-electron chi connectivity index (χ4n) is 5.94. The topological polar surface area (TPSA) is 76.0 Å². The number of aromatic hydroxyl groups is 2. The first-order valence-corrected chi connectivity index (χ1v) is 12.8. The Hall–Kier alpha value is -5.03. The first-order chi connectivity index (χ1) is 19.0. The molecule has 0 radical (unpaired) electrons. The van der Waals surface area contributed by atoms with Crippen molar-refractivity contribution in [1.82, 2.24) is 0 Å². The maximum Gasteiger partial charge on any atom is 0.340 e. The van der Waals surface area contributed by atoms with Gasteiger partial charge in [0.05, 0.1) is 11.1 Å². The van der Waals surface area contributed by atoms with Crippen molar-refractivity contribution in [3.63, 3.8) is 0 Å². The molecular formula is C34H24O5. The Labute approximate surface area is 225 Å². The Bertz CT molecular complexity index is 1740. The standard InChI is InChI=1S/C34H24O5/c35-23-15-16-28-30(19-23)38-31-20-29(36)25(17-21-9-3-1-4-10-21)26(18-22-11-5-2-6-12-22)32(31)34(28)27-14-8-7-13-24(27)33(37)39-34/h1-16,19-20,35-36H,17-18H2. The highest BCUT2D eigenvalue weighted by Crippen LogP contribution is 2.59. The highest BCUT2D eigenvalue weighted by Gasteiger charge is 2.55. The normalized spacial score (nSPS) is 16.7. The molecule has 0 saturated carbocycles. The highest BCUT2D eigenvalue weighted by atomic mass is 16.6. The van der Waals surface area contributed by atoms with Gasteiger partial charge in [0, 0.05) is 35.2 Å². The molecule has 7 rings (SSSR count). The van der Waals surface area contributed by atoms with Crippen molar-refractivity contribution < 1.29 is 24.5 Å². The summed E-state index contributed by atoms with van der Waals surface area (Å²) in [5.41, 5.74) is 4.85. The van der Waals surface area contributed by atoms with Gasteiger partial charge < -0.3 is 19.7 Å². The summed E-state index contributed by atoms with van der Waals surface area (Å²) >= 11 is 0. The Morgan fingerprint density at radius 2 is 1.28 bits per heavy atom. The van der Waals surface area contributed by atoms with E-state index in [1.54, 1.807) is 24.3 Å². The van der Waals surface area contributed by atoms with Gasteiger partial charge in [0.25, 0.3) is 0 Å². The average molecular weight is 513 g/mol. The molecule has 0 bridgehead atoms. The minimum absolute atomic E-state index is 0.0272. The molecule has 0 fully saturated rings. The lowest BCUT2D eigenvalue weighted by Gasteiger charge is -2.39. The lowest BCUT2D eigenvalue weighted by Crippen LogP contribution is -2.34. The van der Waals surface area contributed by atoms with Crippen LogP contribution in [0.5, 0.6) is 23.0 Å². The Kier molecular flexibility index (Phi) is 5.20. The summed E-state index contributed by atoms with van der Waals surface area (Å²) in [5.74, 6) is 0.450. The SMILES string of the molecule is O=C1OC2(c3ccc(O)cc3Oc3cc(O)c(Cc4ccccc4)c(Cc4ccccc4)c32)c2ccccc21. The zero-order valence-corrected chi connectivity index (χ0v) is 20.9. The van der Waals surface area contributed by atoms with Crippen LogP contribution < -0.4 is 4.74 Å². The van der Waals surface area contributed by atoms with E-state index < -0.39 is 11.6 Å². The fraction of sp³-hybridized carbons (Fsp3) is 0.0882. The number of carbonyl (C=O) groups is 1. The molecule has 0 aliphatic carbocycles. The zero-order valence-electron chi connectivity index (χ0n) is 20.9. The lowest BCUT2D eigenvalue weighted by atomic mass is 9.73. The molecule has 0 amide bonds. The number of phenolic OH excluding ortho intramolecular Hbond substituents is 2.